The van der Waals surface area contributed by atoms with E-state index in [9.17, 15) is 0 Å². The van der Waals surface area contributed by atoms with Gasteiger partial charge >= 0.3 is 0 Å². The fraction of sp³-hybridized carbons (Fsp3) is 0.364. The van der Waals surface area contributed by atoms with Gasteiger partial charge in [-0.2, -0.15) is 5.26 Å². The zero-order valence-electron chi connectivity index (χ0n) is 7.46. The van der Waals surface area contributed by atoms with Crippen molar-refractivity contribution in [1.29, 1.82) is 5.26 Å². The van der Waals surface area contributed by atoms with E-state index < -0.39 is 0 Å². The van der Waals surface area contributed by atoms with Gasteiger partial charge in [0.1, 0.15) is 0 Å². The Kier molecular flexibility index (Phi) is 2.03. The van der Waals surface area contributed by atoms with E-state index in [1.807, 2.05) is 12.1 Å². The number of fused-ring (bicyclic) bond motifs is 1. The molecule has 0 fully saturated rings. The van der Waals surface area contributed by atoms with E-state index in [1.165, 1.54) is 5.56 Å². The van der Waals surface area contributed by atoms with Crippen LogP contribution in [0.2, 0.25) is 0 Å². The normalized spacial score (nSPS) is 20.5. The molecule has 66 valence electrons. The summed E-state index contributed by atoms with van der Waals surface area (Å²) in [7, 11) is 0. The molecule has 1 aromatic rings. The van der Waals surface area contributed by atoms with Gasteiger partial charge in [-0.1, -0.05) is 12.1 Å². The monoisotopic (exact) mass is 172 g/mol. The SMILES string of the molecule is N#Cc1cccc2c1C(N)CCC2. The molecule has 0 saturated carbocycles. The molecule has 1 unspecified atom stereocenters. The van der Waals surface area contributed by atoms with Crippen LogP contribution in [0, 0.1) is 11.3 Å². The molecule has 1 aromatic carbocycles. The van der Waals surface area contributed by atoms with Crippen molar-refractivity contribution in [3.8, 4) is 6.07 Å². The van der Waals surface area contributed by atoms with Crippen molar-refractivity contribution in [2.45, 2.75) is 25.3 Å². The molecule has 0 aliphatic heterocycles. The summed E-state index contributed by atoms with van der Waals surface area (Å²) in [6, 6.07) is 8.14. The number of nitrogens with two attached hydrogens (primary N) is 1. The third-order valence-electron chi connectivity index (χ3n) is 2.65. The third kappa shape index (κ3) is 1.32. The molecule has 0 amide bonds. The van der Waals surface area contributed by atoms with Crippen molar-refractivity contribution in [2.75, 3.05) is 0 Å². The molecule has 2 rings (SSSR count). The van der Waals surface area contributed by atoms with Crippen molar-refractivity contribution in [3.05, 3.63) is 34.9 Å². The van der Waals surface area contributed by atoms with Gasteiger partial charge in [0.25, 0.3) is 0 Å². The third-order valence-corrected chi connectivity index (χ3v) is 2.65. The Morgan fingerprint density at radius 3 is 3.08 bits per heavy atom. The fourth-order valence-corrected chi connectivity index (χ4v) is 2.02. The van der Waals surface area contributed by atoms with Crippen molar-refractivity contribution >= 4 is 0 Å². The Bertz CT molecular complexity index is 363. The van der Waals surface area contributed by atoms with Crippen LogP contribution in [0.4, 0.5) is 0 Å². The van der Waals surface area contributed by atoms with E-state index in [1.54, 1.807) is 0 Å². The van der Waals surface area contributed by atoms with Crippen LogP contribution >= 0.6 is 0 Å². The van der Waals surface area contributed by atoms with Crippen molar-refractivity contribution in [1.82, 2.24) is 0 Å². The largest absolute Gasteiger partial charge is 0.324 e. The second-order valence-corrected chi connectivity index (χ2v) is 3.49. The first kappa shape index (κ1) is 8.28. The van der Waals surface area contributed by atoms with E-state index in [2.05, 4.69) is 12.1 Å². The van der Waals surface area contributed by atoms with Gasteiger partial charge in [0.15, 0.2) is 0 Å². The highest BCUT2D eigenvalue weighted by Gasteiger charge is 2.19. The van der Waals surface area contributed by atoms with Gasteiger partial charge in [0.2, 0.25) is 0 Å². The van der Waals surface area contributed by atoms with Crippen molar-refractivity contribution in [3.63, 3.8) is 0 Å². The molecule has 1 aliphatic carbocycles. The van der Waals surface area contributed by atoms with Crippen molar-refractivity contribution < 1.29 is 0 Å². The summed E-state index contributed by atoms with van der Waals surface area (Å²) in [5.41, 5.74) is 9.07. The summed E-state index contributed by atoms with van der Waals surface area (Å²) >= 11 is 0. The molecule has 1 aliphatic rings. The van der Waals surface area contributed by atoms with E-state index >= 15 is 0 Å². The smallest absolute Gasteiger partial charge is 0.0995 e. The molecular weight excluding hydrogens is 160 g/mol. The Morgan fingerprint density at radius 2 is 2.31 bits per heavy atom. The summed E-state index contributed by atoms with van der Waals surface area (Å²) in [5, 5.41) is 8.91. The first-order chi connectivity index (χ1) is 6.33. The molecule has 2 N–H and O–H groups in total. The predicted molar refractivity (Wildman–Crippen MR) is 51.0 cm³/mol. The molecular formula is C11H12N2. The number of hydrogen-bond donors (Lipinski definition) is 1. The second kappa shape index (κ2) is 3.20. The molecule has 0 aromatic heterocycles. The number of nitriles is 1. The first-order valence-corrected chi connectivity index (χ1v) is 4.60. The molecule has 0 radical (unpaired) electrons. The second-order valence-electron chi connectivity index (χ2n) is 3.49. The summed E-state index contributed by atoms with van der Waals surface area (Å²) in [5.74, 6) is 0. The van der Waals surface area contributed by atoms with Crippen molar-refractivity contribution in [2.24, 2.45) is 5.73 Å². The summed E-state index contributed by atoms with van der Waals surface area (Å²) in [6.45, 7) is 0. The Labute approximate surface area is 78.0 Å². The molecule has 13 heavy (non-hydrogen) atoms. The van der Waals surface area contributed by atoms with Gasteiger partial charge in [0.05, 0.1) is 11.6 Å². The van der Waals surface area contributed by atoms with Crippen LogP contribution in [0.5, 0.6) is 0 Å². The average Bonchev–Trinajstić information content (AvgIpc) is 2.17. The lowest BCUT2D eigenvalue weighted by Crippen LogP contribution is -2.18. The van der Waals surface area contributed by atoms with Crippen LogP contribution in [0.25, 0.3) is 0 Å². The first-order valence-electron chi connectivity index (χ1n) is 4.60. The molecule has 0 saturated heterocycles. The van der Waals surface area contributed by atoms with Crippen LogP contribution in [-0.4, -0.2) is 0 Å². The standard InChI is InChI=1S/C11H12N2/c12-7-9-5-1-3-8-4-2-6-10(13)11(8)9/h1,3,5,10H,2,4,6,13H2. The summed E-state index contributed by atoms with van der Waals surface area (Å²) in [4.78, 5) is 0. The minimum atomic E-state index is 0.0691. The number of aryl methyl sites for hydroxylation is 1. The highest BCUT2D eigenvalue weighted by molar-refractivity contribution is 5.45. The van der Waals surface area contributed by atoms with Crippen LogP contribution < -0.4 is 5.73 Å². The Balaban J connectivity index is 2.58. The topological polar surface area (TPSA) is 49.8 Å². The minimum absolute atomic E-state index is 0.0691. The minimum Gasteiger partial charge on any atom is -0.324 e. The Hall–Kier alpha value is -1.33. The van der Waals surface area contributed by atoms with Crippen LogP contribution in [0.15, 0.2) is 18.2 Å². The molecule has 0 heterocycles. The van der Waals surface area contributed by atoms with Gasteiger partial charge in [-0.15, -0.1) is 0 Å². The van der Waals surface area contributed by atoms with Gasteiger partial charge in [-0.05, 0) is 36.5 Å². The number of nitrogens with zero attached hydrogens (tertiary/aromatic N) is 1. The van der Waals surface area contributed by atoms with Gasteiger partial charge in [-0.25, -0.2) is 0 Å². The molecule has 0 spiro atoms. The number of rotatable bonds is 0. The highest BCUT2D eigenvalue weighted by atomic mass is 14.6. The fourth-order valence-electron chi connectivity index (χ4n) is 2.02. The van der Waals surface area contributed by atoms with Crippen LogP contribution in [0.3, 0.4) is 0 Å². The summed E-state index contributed by atoms with van der Waals surface area (Å²) < 4.78 is 0. The van der Waals surface area contributed by atoms with Gasteiger partial charge in [0, 0.05) is 6.04 Å². The molecule has 1 atom stereocenters. The zero-order valence-corrected chi connectivity index (χ0v) is 7.46. The van der Waals surface area contributed by atoms with Gasteiger partial charge in [-0.3, -0.25) is 0 Å². The van der Waals surface area contributed by atoms with E-state index in [4.69, 9.17) is 11.0 Å². The lowest BCUT2D eigenvalue weighted by molar-refractivity contribution is 0.569. The predicted octanol–water partition coefficient (Wildman–Crippen LogP) is 1.89. The number of benzene rings is 1. The lowest BCUT2D eigenvalue weighted by Gasteiger charge is -2.22. The quantitative estimate of drug-likeness (QED) is 0.649. The number of hydrogen-bond acceptors (Lipinski definition) is 2. The van der Waals surface area contributed by atoms with E-state index in [0.29, 0.717) is 0 Å². The maximum absolute atomic E-state index is 8.91. The van der Waals surface area contributed by atoms with E-state index in [0.717, 1.165) is 30.4 Å². The van der Waals surface area contributed by atoms with Crippen LogP contribution in [0.1, 0.15) is 35.6 Å². The highest BCUT2D eigenvalue weighted by Crippen LogP contribution is 2.30. The Morgan fingerprint density at radius 1 is 1.46 bits per heavy atom. The molecule has 0 bridgehead atoms. The lowest BCUT2D eigenvalue weighted by atomic mass is 9.85. The molecule has 2 heteroatoms. The summed E-state index contributed by atoms with van der Waals surface area (Å²) in [6.07, 6.45) is 3.22. The molecule has 2 nitrogen and oxygen atoms in total. The van der Waals surface area contributed by atoms with Crippen LogP contribution in [-0.2, 0) is 6.42 Å². The van der Waals surface area contributed by atoms with E-state index in [-0.39, 0.29) is 6.04 Å². The maximum atomic E-state index is 8.91. The van der Waals surface area contributed by atoms with Gasteiger partial charge < -0.3 is 5.73 Å². The zero-order chi connectivity index (χ0) is 9.26. The maximum Gasteiger partial charge on any atom is 0.0995 e. The average molecular weight is 172 g/mol.